The minimum Gasteiger partial charge on any atom is -0.467 e. The lowest BCUT2D eigenvalue weighted by Gasteiger charge is -2.14. The van der Waals surface area contributed by atoms with Gasteiger partial charge in [0.2, 0.25) is 0 Å². The fraction of sp³-hybridized carbons (Fsp3) is 0.235. The van der Waals surface area contributed by atoms with E-state index in [4.69, 9.17) is 0 Å². The molecule has 3 rings (SSSR count). The second-order valence-electron chi connectivity index (χ2n) is 5.69. The third-order valence-electron chi connectivity index (χ3n) is 3.71. The van der Waals surface area contributed by atoms with Crippen LogP contribution >= 0.6 is 11.8 Å². The van der Waals surface area contributed by atoms with Crippen molar-refractivity contribution in [3.05, 3.63) is 51.9 Å². The number of hydrogen-bond donors (Lipinski definition) is 2. The first-order chi connectivity index (χ1) is 13.4. The Labute approximate surface area is 161 Å². The molecule has 2 aromatic heterocycles. The number of anilines is 1. The van der Waals surface area contributed by atoms with Crippen LogP contribution in [0.2, 0.25) is 0 Å². The van der Waals surface area contributed by atoms with Gasteiger partial charge < -0.3 is 15.0 Å². The topological polar surface area (TPSA) is 110 Å². The molecule has 146 valence electrons. The normalized spacial score (nSPS) is 12.0. The van der Waals surface area contributed by atoms with E-state index in [1.807, 2.05) is 0 Å². The van der Waals surface area contributed by atoms with Crippen LogP contribution < -0.4 is 10.9 Å². The average molecular weight is 407 g/mol. The number of H-pyrrole nitrogens is 1. The van der Waals surface area contributed by atoms with Crippen molar-refractivity contribution >= 4 is 34.7 Å². The molecular formula is C17H15F2N5O3S. The third kappa shape index (κ3) is 4.25. The van der Waals surface area contributed by atoms with Gasteiger partial charge in [0.05, 0.1) is 13.3 Å². The zero-order chi connectivity index (χ0) is 20.3. The maximum Gasteiger partial charge on any atom is 0.328 e. The van der Waals surface area contributed by atoms with E-state index in [0.29, 0.717) is 0 Å². The molecule has 0 fully saturated rings. The molecule has 0 spiro atoms. The van der Waals surface area contributed by atoms with Gasteiger partial charge in [0.15, 0.2) is 28.3 Å². The molecule has 0 bridgehead atoms. The summed E-state index contributed by atoms with van der Waals surface area (Å²) in [7, 11) is 1.25. The predicted molar refractivity (Wildman–Crippen MR) is 99.0 cm³/mol. The van der Waals surface area contributed by atoms with E-state index in [0.717, 1.165) is 24.0 Å². The molecule has 0 amide bonds. The van der Waals surface area contributed by atoms with Gasteiger partial charge in [0.1, 0.15) is 11.6 Å². The highest BCUT2D eigenvalue weighted by molar-refractivity contribution is 7.98. The maximum atomic E-state index is 13.8. The number of benzene rings is 1. The van der Waals surface area contributed by atoms with Crippen LogP contribution in [0.25, 0.3) is 11.2 Å². The van der Waals surface area contributed by atoms with Gasteiger partial charge in [-0.2, -0.15) is 0 Å². The van der Waals surface area contributed by atoms with Crippen molar-refractivity contribution in [2.24, 2.45) is 0 Å². The number of nitrogens with one attached hydrogen (secondary N) is 2. The number of methoxy groups -OCH3 is 1. The standard InChI is InChI=1S/C17H15F2N5O3S/c1-8(16(26)27-2)21-14-13-15(22-11(25)6-20-13)24-17(23-14)28-7-9-4-3-5-10(18)12(9)19/h3-6,8H,7H2,1-2H3,(H2,21,22,23,24,25). The first-order valence-corrected chi connectivity index (χ1v) is 9.04. The van der Waals surface area contributed by atoms with Crippen LogP contribution in [-0.4, -0.2) is 39.1 Å². The Bertz CT molecular complexity index is 1090. The van der Waals surface area contributed by atoms with Crippen LogP contribution in [0.5, 0.6) is 0 Å². The number of rotatable bonds is 6. The van der Waals surface area contributed by atoms with Crippen LogP contribution in [0.3, 0.4) is 0 Å². The molecule has 0 saturated carbocycles. The SMILES string of the molecule is COC(=O)C(C)Nc1nc(SCc2cccc(F)c2F)nc2[nH]c(=O)cnc12. The lowest BCUT2D eigenvalue weighted by Crippen LogP contribution is -2.28. The van der Waals surface area contributed by atoms with E-state index in [2.05, 4.69) is 30.0 Å². The zero-order valence-electron chi connectivity index (χ0n) is 14.8. The molecule has 1 atom stereocenters. The van der Waals surface area contributed by atoms with Gasteiger partial charge >= 0.3 is 5.97 Å². The Morgan fingerprint density at radius 3 is 2.89 bits per heavy atom. The molecule has 1 unspecified atom stereocenters. The number of carbonyl (C=O) groups excluding carboxylic acids is 1. The maximum absolute atomic E-state index is 13.8. The molecule has 8 nitrogen and oxygen atoms in total. The molecule has 0 radical (unpaired) electrons. The van der Waals surface area contributed by atoms with Crippen LogP contribution in [0.15, 0.2) is 34.3 Å². The molecule has 1 aromatic carbocycles. The van der Waals surface area contributed by atoms with Gasteiger partial charge in [0, 0.05) is 11.3 Å². The number of aromatic nitrogens is 4. The number of thioether (sulfide) groups is 1. The Kier molecular flexibility index (Phi) is 5.83. The van der Waals surface area contributed by atoms with Crippen LogP contribution in [0, 0.1) is 11.6 Å². The monoisotopic (exact) mass is 407 g/mol. The van der Waals surface area contributed by atoms with Crippen LogP contribution in [-0.2, 0) is 15.3 Å². The number of nitrogens with zero attached hydrogens (tertiary/aromatic N) is 3. The summed E-state index contributed by atoms with van der Waals surface area (Å²) in [6, 6.07) is 3.15. The fourth-order valence-electron chi connectivity index (χ4n) is 2.32. The van der Waals surface area contributed by atoms with Crippen molar-refractivity contribution < 1.29 is 18.3 Å². The summed E-state index contributed by atoms with van der Waals surface area (Å²) in [6.07, 6.45) is 1.06. The minimum atomic E-state index is -0.944. The second-order valence-corrected chi connectivity index (χ2v) is 6.63. The summed E-state index contributed by atoms with van der Waals surface area (Å²) in [5.74, 6) is -2.15. The Morgan fingerprint density at radius 2 is 2.14 bits per heavy atom. The molecule has 28 heavy (non-hydrogen) atoms. The number of ether oxygens (including phenoxy) is 1. The number of halogens is 2. The van der Waals surface area contributed by atoms with Gasteiger partial charge in [0.25, 0.3) is 5.56 Å². The van der Waals surface area contributed by atoms with Gasteiger partial charge in [-0.25, -0.2) is 28.5 Å². The van der Waals surface area contributed by atoms with Crippen molar-refractivity contribution in [3.63, 3.8) is 0 Å². The number of carbonyl (C=O) groups is 1. The molecular weight excluding hydrogens is 392 g/mol. The van der Waals surface area contributed by atoms with Crippen molar-refractivity contribution in [3.8, 4) is 0 Å². The smallest absolute Gasteiger partial charge is 0.328 e. The summed E-state index contributed by atoms with van der Waals surface area (Å²) < 4.78 is 31.9. The van der Waals surface area contributed by atoms with E-state index in [-0.39, 0.29) is 33.5 Å². The van der Waals surface area contributed by atoms with Crippen molar-refractivity contribution in [2.75, 3.05) is 12.4 Å². The predicted octanol–water partition coefficient (Wildman–Crippen LogP) is 2.26. The molecule has 0 aliphatic rings. The fourth-order valence-corrected chi connectivity index (χ4v) is 3.14. The first kappa shape index (κ1) is 19.7. The Hall–Kier alpha value is -3.08. The highest BCUT2D eigenvalue weighted by Crippen LogP contribution is 2.26. The molecule has 11 heteroatoms. The van der Waals surface area contributed by atoms with Crippen LogP contribution in [0.1, 0.15) is 12.5 Å². The van der Waals surface area contributed by atoms with E-state index in [9.17, 15) is 18.4 Å². The molecule has 2 N–H and O–H groups in total. The summed E-state index contributed by atoms with van der Waals surface area (Å²) in [5, 5.41) is 3.04. The van der Waals surface area contributed by atoms with Gasteiger partial charge in [-0.05, 0) is 13.0 Å². The second kappa shape index (κ2) is 8.30. The highest BCUT2D eigenvalue weighted by atomic mass is 32.2. The third-order valence-corrected chi connectivity index (χ3v) is 4.61. The summed E-state index contributed by atoms with van der Waals surface area (Å²) in [4.78, 5) is 38.3. The van der Waals surface area contributed by atoms with Crippen molar-refractivity contribution in [2.45, 2.75) is 23.9 Å². The van der Waals surface area contributed by atoms with Crippen molar-refractivity contribution in [1.82, 2.24) is 19.9 Å². The average Bonchev–Trinajstić information content (AvgIpc) is 2.68. The lowest BCUT2D eigenvalue weighted by molar-refractivity contribution is -0.141. The number of fused-ring (bicyclic) bond motifs is 1. The minimum absolute atomic E-state index is 0.0611. The molecule has 0 aliphatic heterocycles. The van der Waals surface area contributed by atoms with Crippen molar-refractivity contribution in [1.29, 1.82) is 0 Å². The first-order valence-electron chi connectivity index (χ1n) is 8.06. The van der Waals surface area contributed by atoms with E-state index in [1.165, 1.54) is 19.2 Å². The summed E-state index contributed by atoms with van der Waals surface area (Å²) in [6.45, 7) is 1.57. The van der Waals surface area contributed by atoms with E-state index < -0.39 is 29.2 Å². The number of aromatic amines is 1. The molecule has 3 aromatic rings. The quantitative estimate of drug-likeness (QED) is 0.364. The summed E-state index contributed by atoms with van der Waals surface area (Å²) >= 11 is 1.04. The Balaban J connectivity index is 1.94. The van der Waals surface area contributed by atoms with Crippen LogP contribution in [0.4, 0.5) is 14.6 Å². The molecule has 0 aliphatic carbocycles. The van der Waals surface area contributed by atoms with E-state index >= 15 is 0 Å². The van der Waals surface area contributed by atoms with Gasteiger partial charge in [-0.3, -0.25) is 4.79 Å². The lowest BCUT2D eigenvalue weighted by atomic mass is 10.2. The molecule has 2 heterocycles. The van der Waals surface area contributed by atoms with Gasteiger partial charge in [-0.1, -0.05) is 23.9 Å². The van der Waals surface area contributed by atoms with E-state index in [1.54, 1.807) is 6.92 Å². The Morgan fingerprint density at radius 1 is 1.36 bits per heavy atom. The largest absolute Gasteiger partial charge is 0.467 e. The zero-order valence-corrected chi connectivity index (χ0v) is 15.6. The molecule has 0 saturated heterocycles. The number of esters is 1. The van der Waals surface area contributed by atoms with Gasteiger partial charge in [-0.15, -0.1) is 0 Å². The number of hydrogen-bond acceptors (Lipinski definition) is 8. The summed E-state index contributed by atoms with van der Waals surface area (Å²) in [5.41, 5.74) is 0.0667. The highest BCUT2D eigenvalue weighted by Gasteiger charge is 2.18.